The lowest BCUT2D eigenvalue weighted by Crippen LogP contribution is -2.57. The van der Waals surface area contributed by atoms with Crippen LogP contribution in [0.1, 0.15) is 109 Å². The number of esters is 1. The van der Waals surface area contributed by atoms with E-state index < -0.39 is 0 Å². The molecule has 0 aromatic heterocycles. The molecule has 0 amide bonds. The lowest BCUT2D eigenvalue weighted by Gasteiger charge is -2.60. The minimum absolute atomic E-state index is 0.0411. The van der Waals surface area contributed by atoms with Crippen molar-refractivity contribution in [3.63, 3.8) is 0 Å². The number of fused-ring (bicyclic) bond motifs is 5. The highest BCUT2D eigenvalue weighted by molar-refractivity contribution is 6.22. The average molecular weight is 525 g/mol. The van der Waals surface area contributed by atoms with Crippen molar-refractivity contribution in [2.45, 2.75) is 110 Å². The molecule has 9 atom stereocenters. The minimum atomic E-state index is -0.175. The van der Waals surface area contributed by atoms with Gasteiger partial charge in [-0.1, -0.05) is 83.7 Å². The van der Waals surface area contributed by atoms with Crippen LogP contribution >= 0.6 is 11.6 Å². The molecule has 2 nitrogen and oxygen atoms in total. The Morgan fingerprint density at radius 3 is 2.49 bits per heavy atom. The van der Waals surface area contributed by atoms with E-state index in [1.807, 2.05) is 30.3 Å². The minimum Gasteiger partial charge on any atom is -0.458 e. The average Bonchev–Trinajstić information content (AvgIpc) is 3.22. The first-order valence-electron chi connectivity index (χ1n) is 15.3. The first-order valence-corrected chi connectivity index (χ1v) is 15.7. The predicted octanol–water partition coefficient (Wildman–Crippen LogP) is 9.47. The number of alkyl halides is 1. The molecule has 37 heavy (non-hydrogen) atoms. The summed E-state index contributed by atoms with van der Waals surface area (Å²) in [5.41, 5.74) is 2.58. The molecule has 1 aromatic rings. The number of allylic oxidation sites excluding steroid dienone is 2. The van der Waals surface area contributed by atoms with Gasteiger partial charge in [-0.15, -0.1) is 11.6 Å². The van der Waals surface area contributed by atoms with E-state index in [0.29, 0.717) is 28.7 Å². The standard InChI is InChI=1S/C34H49ClO2/c1-22(2)11-9-12-23(3)26-17-18-27-25-21-30(35)29-15-10-16-31(37-32(36)24-13-7-6-8-14-24)34(29,5)28(25)19-20-33(26,27)4/h6-8,13-14,21-23,26-31H,9-12,15-20H2,1-5H3/t23-,26-,27+,28+,29-,30+,31?,33-,34-/m1/s1. The molecule has 0 radical (unpaired) electrons. The Morgan fingerprint density at radius 2 is 1.76 bits per heavy atom. The van der Waals surface area contributed by atoms with Crippen LogP contribution in [0, 0.1) is 46.3 Å². The zero-order valence-electron chi connectivity index (χ0n) is 23.8. The summed E-state index contributed by atoms with van der Waals surface area (Å²) in [7, 11) is 0. The van der Waals surface area contributed by atoms with Crippen LogP contribution in [0.4, 0.5) is 0 Å². The lowest BCUT2D eigenvalue weighted by molar-refractivity contribution is -0.103. The van der Waals surface area contributed by atoms with Gasteiger partial charge in [0, 0.05) is 5.41 Å². The maximum Gasteiger partial charge on any atom is 0.338 e. The molecule has 0 aliphatic heterocycles. The van der Waals surface area contributed by atoms with Crippen LogP contribution < -0.4 is 0 Å². The molecule has 204 valence electrons. The van der Waals surface area contributed by atoms with E-state index in [1.165, 1.54) is 44.9 Å². The van der Waals surface area contributed by atoms with E-state index in [0.717, 1.165) is 37.0 Å². The SMILES string of the molecule is CC(C)CCC[C@@H](C)[C@H]1CC[C@H]2C3=C[C@H](Cl)[C@H]4CCCC(OC(=O)c5ccccc5)[C@]4(C)[C@H]3CC[C@]12C. The van der Waals surface area contributed by atoms with Crippen LogP contribution in [0.5, 0.6) is 0 Å². The van der Waals surface area contributed by atoms with Gasteiger partial charge in [0.1, 0.15) is 6.10 Å². The summed E-state index contributed by atoms with van der Waals surface area (Å²) in [6.07, 6.45) is 14.9. The molecule has 3 heteroatoms. The Labute approximate surface area is 231 Å². The number of hydrogen-bond donors (Lipinski definition) is 0. The van der Waals surface area contributed by atoms with Crippen LogP contribution in [-0.2, 0) is 4.74 Å². The third-order valence-electron chi connectivity index (χ3n) is 11.5. The summed E-state index contributed by atoms with van der Waals surface area (Å²) in [6, 6.07) is 9.52. The Hall–Kier alpha value is -1.28. The summed E-state index contributed by atoms with van der Waals surface area (Å²) in [4.78, 5) is 13.2. The van der Waals surface area contributed by atoms with Gasteiger partial charge < -0.3 is 4.74 Å². The van der Waals surface area contributed by atoms with Crippen molar-refractivity contribution in [2.75, 3.05) is 0 Å². The van der Waals surface area contributed by atoms with Crippen LogP contribution in [0.25, 0.3) is 0 Å². The number of hydrogen-bond acceptors (Lipinski definition) is 2. The zero-order valence-corrected chi connectivity index (χ0v) is 24.6. The van der Waals surface area contributed by atoms with Gasteiger partial charge in [0.05, 0.1) is 10.9 Å². The lowest BCUT2D eigenvalue weighted by atomic mass is 9.47. The Morgan fingerprint density at radius 1 is 1.00 bits per heavy atom. The second-order valence-electron chi connectivity index (χ2n) is 13.9. The largest absolute Gasteiger partial charge is 0.458 e. The second kappa shape index (κ2) is 10.7. The van der Waals surface area contributed by atoms with Crippen LogP contribution in [-0.4, -0.2) is 17.5 Å². The summed E-state index contributed by atoms with van der Waals surface area (Å²) in [5, 5.41) is 0.0411. The van der Waals surface area contributed by atoms with Crippen molar-refractivity contribution in [3.05, 3.63) is 47.5 Å². The summed E-state index contributed by atoms with van der Waals surface area (Å²) in [6.45, 7) is 12.3. The molecule has 5 rings (SSSR count). The topological polar surface area (TPSA) is 26.3 Å². The first kappa shape index (κ1) is 27.3. The molecule has 0 heterocycles. The molecule has 0 bridgehead atoms. The molecule has 0 N–H and O–H groups in total. The van der Waals surface area contributed by atoms with E-state index in [-0.39, 0.29) is 22.9 Å². The summed E-state index contributed by atoms with van der Waals surface area (Å²) < 4.78 is 6.38. The van der Waals surface area contributed by atoms with E-state index in [4.69, 9.17) is 16.3 Å². The van der Waals surface area contributed by atoms with E-state index >= 15 is 0 Å². The number of benzene rings is 1. The fraction of sp³-hybridized carbons (Fsp3) is 0.735. The van der Waals surface area contributed by atoms with Gasteiger partial charge in [-0.2, -0.15) is 0 Å². The highest BCUT2D eigenvalue weighted by Crippen LogP contribution is 2.67. The van der Waals surface area contributed by atoms with Crippen molar-refractivity contribution in [1.82, 2.24) is 0 Å². The third kappa shape index (κ3) is 4.83. The van der Waals surface area contributed by atoms with Gasteiger partial charge in [0.25, 0.3) is 0 Å². The van der Waals surface area contributed by atoms with Gasteiger partial charge in [-0.05, 0) is 98.0 Å². The molecular weight excluding hydrogens is 476 g/mol. The van der Waals surface area contributed by atoms with Gasteiger partial charge in [-0.25, -0.2) is 4.79 Å². The van der Waals surface area contributed by atoms with Crippen molar-refractivity contribution >= 4 is 17.6 Å². The maximum absolute atomic E-state index is 13.2. The van der Waals surface area contributed by atoms with Crippen LogP contribution in [0.15, 0.2) is 42.0 Å². The number of ether oxygens (including phenoxy) is 1. The molecule has 0 saturated heterocycles. The highest BCUT2D eigenvalue weighted by Gasteiger charge is 2.62. The Bertz CT molecular complexity index is 985. The summed E-state index contributed by atoms with van der Waals surface area (Å²) >= 11 is 7.23. The highest BCUT2D eigenvalue weighted by atomic mass is 35.5. The fourth-order valence-corrected chi connectivity index (χ4v) is 10.1. The molecule has 1 unspecified atom stereocenters. The molecule has 4 aliphatic carbocycles. The maximum atomic E-state index is 13.2. The molecule has 3 saturated carbocycles. The molecule has 3 fully saturated rings. The van der Waals surface area contributed by atoms with Gasteiger partial charge in [0.2, 0.25) is 0 Å². The predicted molar refractivity (Wildman–Crippen MR) is 154 cm³/mol. The molecule has 4 aliphatic rings. The first-order chi connectivity index (χ1) is 17.7. The quantitative estimate of drug-likeness (QED) is 0.201. The van der Waals surface area contributed by atoms with Crippen molar-refractivity contribution < 1.29 is 9.53 Å². The monoisotopic (exact) mass is 524 g/mol. The molecular formula is C34H49ClO2. The third-order valence-corrected chi connectivity index (χ3v) is 12.0. The van der Waals surface area contributed by atoms with Gasteiger partial charge >= 0.3 is 5.97 Å². The van der Waals surface area contributed by atoms with E-state index in [1.54, 1.807) is 5.57 Å². The van der Waals surface area contributed by atoms with Crippen LogP contribution in [0.2, 0.25) is 0 Å². The summed E-state index contributed by atoms with van der Waals surface area (Å²) in [5.74, 6) is 3.72. The Balaban J connectivity index is 1.38. The number of carbonyl (C=O) groups excluding carboxylic acids is 1. The van der Waals surface area contributed by atoms with Gasteiger partial charge in [0.15, 0.2) is 0 Å². The second-order valence-corrected chi connectivity index (χ2v) is 14.4. The zero-order chi connectivity index (χ0) is 26.4. The molecule has 1 aromatic carbocycles. The van der Waals surface area contributed by atoms with Gasteiger partial charge in [-0.3, -0.25) is 0 Å². The normalized spacial score (nSPS) is 39.8. The van der Waals surface area contributed by atoms with E-state index in [9.17, 15) is 4.79 Å². The van der Waals surface area contributed by atoms with E-state index in [2.05, 4.69) is 40.7 Å². The van der Waals surface area contributed by atoms with Crippen molar-refractivity contribution in [1.29, 1.82) is 0 Å². The number of halogens is 1. The smallest absolute Gasteiger partial charge is 0.338 e. The van der Waals surface area contributed by atoms with Crippen LogP contribution in [0.3, 0.4) is 0 Å². The fourth-order valence-electron chi connectivity index (χ4n) is 9.55. The van der Waals surface area contributed by atoms with Crippen molar-refractivity contribution in [2.24, 2.45) is 46.3 Å². The number of rotatable bonds is 7. The molecule has 0 spiro atoms. The van der Waals surface area contributed by atoms with Crippen molar-refractivity contribution in [3.8, 4) is 0 Å². The number of carbonyl (C=O) groups is 1. The Kier molecular flexibility index (Phi) is 7.90.